The minimum absolute atomic E-state index is 0.158. The Morgan fingerprint density at radius 2 is 1.68 bits per heavy atom. The van der Waals surface area contributed by atoms with Crippen molar-refractivity contribution in [2.45, 2.75) is 59.9 Å². The lowest BCUT2D eigenvalue weighted by Crippen LogP contribution is -2.50. The number of amides is 1. The minimum atomic E-state index is -4.59. The van der Waals surface area contributed by atoms with Crippen molar-refractivity contribution >= 4 is 37.5 Å². The van der Waals surface area contributed by atoms with E-state index in [1.54, 1.807) is 0 Å². The van der Waals surface area contributed by atoms with Crippen LogP contribution in [0.4, 0.5) is 0 Å². The highest BCUT2D eigenvalue weighted by molar-refractivity contribution is 7.51. The Morgan fingerprint density at radius 1 is 1.07 bits per heavy atom. The van der Waals surface area contributed by atoms with Gasteiger partial charge >= 0.3 is 31.6 Å². The van der Waals surface area contributed by atoms with E-state index in [1.165, 1.54) is 31.8 Å². The number of hydrogen-bond donors (Lipinski definition) is 2. The number of esters is 4. The maximum absolute atomic E-state index is 14.1. The molecule has 0 aromatic carbocycles. The molecular formula is C25H40N5O13P. The summed E-state index contributed by atoms with van der Waals surface area (Å²) in [7, 11) is -3.47. The number of carbonyl (C=O) groups excluding carboxylic acids is 5. The molecule has 1 aliphatic heterocycles. The summed E-state index contributed by atoms with van der Waals surface area (Å²) >= 11 is 0. The highest BCUT2D eigenvalue weighted by Crippen LogP contribution is 2.48. The largest absolute Gasteiger partial charge is 0.468 e. The second kappa shape index (κ2) is 16.0. The standard InChI is InChI=1S/C25H40N5O13P/c1-8-38-23(34)25(11-40-17(6)31,24(35)39-9-2)12-42-44(36,29-16(5)22(33)37-7)41-10-18-14(3)15(4)21(43-18)30-13-27-20(28-30)19(26)32/h13-16,18,21H,8-12H2,1-7H3,(H2,26,32)(H,29,36)/t14?,15-,16-,18+,21+,44?/m0/s1. The zero-order valence-electron chi connectivity index (χ0n) is 25.7. The molecule has 19 heteroatoms. The number of hydrogen-bond acceptors (Lipinski definition) is 15. The first kappa shape index (κ1) is 36.8. The van der Waals surface area contributed by atoms with Gasteiger partial charge in [0.25, 0.3) is 5.91 Å². The van der Waals surface area contributed by atoms with Crippen molar-refractivity contribution in [3.63, 3.8) is 0 Å². The van der Waals surface area contributed by atoms with Gasteiger partial charge in [0, 0.05) is 12.8 Å². The third-order valence-electron chi connectivity index (χ3n) is 6.82. The third-order valence-corrected chi connectivity index (χ3v) is 8.48. The normalized spacial score (nSPS) is 22.0. The molecular weight excluding hydrogens is 609 g/mol. The maximum Gasteiger partial charge on any atom is 0.406 e. The predicted octanol–water partition coefficient (Wildman–Crippen LogP) is 0.515. The highest BCUT2D eigenvalue weighted by atomic mass is 31.2. The number of ether oxygens (including phenoxy) is 5. The fraction of sp³-hybridized carbons (Fsp3) is 0.720. The Morgan fingerprint density at radius 3 is 2.18 bits per heavy atom. The van der Waals surface area contributed by atoms with Crippen LogP contribution in [0.1, 0.15) is 58.4 Å². The molecule has 44 heavy (non-hydrogen) atoms. The first-order valence-corrected chi connectivity index (χ1v) is 15.3. The van der Waals surface area contributed by atoms with Gasteiger partial charge in [-0.15, -0.1) is 5.10 Å². The SMILES string of the molecule is CCOC(=O)C(COC(C)=O)(COP(=O)(N[C@@H](C)C(=O)OC)OC[C@H]1O[C@@H](n2cnc(C(N)=O)n2)[C@@H](C)C1C)C(=O)OCC. The van der Waals surface area contributed by atoms with Gasteiger partial charge in [0.1, 0.15) is 19.0 Å². The average Bonchev–Trinajstić information content (AvgIpc) is 3.57. The van der Waals surface area contributed by atoms with Gasteiger partial charge in [-0.25, -0.2) is 19.3 Å². The number of carbonyl (C=O) groups is 5. The van der Waals surface area contributed by atoms with Crippen LogP contribution in [0.2, 0.25) is 0 Å². The van der Waals surface area contributed by atoms with E-state index in [0.717, 1.165) is 14.0 Å². The number of nitrogens with zero attached hydrogens (tertiary/aromatic N) is 3. The molecule has 1 fully saturated rings. The summed E-state index contributed by atoms with van der Waals surface area (Å²) < 4.78 is 52.5. The molecule has 0 radical (unpaired) electrons. The fourth-order valence-electron chi connectivity index (χ4n) is 4.10. The molecule has 2 rings (SSSR count). The van der Waals surface area contributed by atoms with Crippen molar-refractivity contribution < 1.29 is 61.3 Å². The molecule has 1 saturated heterocycles. The van der Waals surface area contributed by atoms with Gasteiger partial charge in [0.2, 0.25) is 11.2 Å². The van der Waals surface area contributed by atoms with Crippen LogP contribution >= 0.6 is 7.75 Å². The fourth-order valence-corrected chi connectivity index (χ4v) is 5.64. The quantitative estimate of drug-likeness (QED) is 0.101. The molecule has 0 bridgehead atoms. The van der Waals surface area contributed by atoms with E-state index in [2.05, 4.69) is 19.9 Å². The van der Waals surface area contributed by atoms with Crippen LogP contribution in [0.3, 0.4) is 0 Å². The van der Waals surface area contributed by atoms with E-state index in [-0.39, 0.29) is 37.5 Å². The highest BCUT2D eigenvalue weighted by Gasteiger charge is 2.53. The molecule has 0 aliphatic carbocycles. The van der Waals surface area contributed by atoms with Crippen molar-refractivity contribution in [2.75, 3.05) is 40.1 Å². The van der Waals surface area contributed by atoms with Gasteiger partial charge in [-0.05, 0) is 26.7 Å². The Balaban J connectivity index is 2.36. The number of nitrogens with two attached hydrogens (primary N) is 1. The van der Waals surface area contributed by atoms with Crippen LogP contribution in [-0.4, -0.2) is 96.8 Å². The first-order chi connectivity index (χ1) is 20.6. The summed E-state index contributed by atoms with van der Waals surface area (Å²) in [6.07, 6.45) is -0.118. The third kappa shape index (κ3) is 9.04. The number of primary amides is 1. The topological polar surface area (TPSA) is 236 Å². The predicted molar refractivity (Wildman–Crippen MR) is 147 cm³/mol. The van der Waals surface area contributed by atoms with Gasteiger partial charge in [-0.3, -0.25) is 33.0 Å². The molecule has 1 aromatic heterocycles. The number of aromatic nitrogens is 3. The molecule has 18 nitrogen and oxygen atoms in total. The van der Waals surface area contributed by atoms with E-state index < -0.39 is 74.5 Å². The van der Waals surface area contributed by atoms with Crippen LogP contribution in [-0.2, 0) is 56.5 Å². The van der Waals surface area contributed by atoms with Crippen LogP contribution in [0, 0.1) is 17.3 Å². The Labute approximate surface area is 254 Å². The van der Waals surface area contributed by atoms with Crippen molar-refractivity contribution in [1.82, 2.24) is 19.9 Å². The first-order valence-electron chi connectivity index (χ1n) is 13.7. The Hall–Kier alpha value is -3.44. The molecule has 0 saturated carbocycles. The molecule has 6 atom stereocenters. The van der Waals surface area contributed by atoms with Crippen molar-refractivity contribution in [3.05, 3.63) is 12.2 Å². The molecule has 0 spiro atoms. The van der Waals surface area contributed by atoms with Crippen molar-refractivity contribution in [3.8, 4) is 0 Å². The van der Waals surface area contributed by atoms with Crippen LogP contribution in [0.25, 0.3) is 0 Å². The molecule has 1 amide bonds. The summed E-state index contributed by atoms with van der Waals surface area (Å²) in [6, 6.07) is -1.24. The average molecular weight is 650 g/mol. The second-order valence-corrected chi connectivity index (χ2v) is 11.7. The lowest BCUT2D eigenvalue weighted by atomic mass is 9.90. The van der Waals surface area contributed by atoms with Crippen LogP contribution in [0.15, 0.2) is 6.33 Å². The summed E-state index contributed by atoms with van der Waals surface area (Å²) in [5.41, 5.74) is 2.85. The summed E-state index contributed by atoms with van der Waals surface area (Å²) in [5.74, 6) is -5.43. The van der Waals surface area contributed by atoms with Crippen LogP contribution < -0.4 is 10.8 Å². The van der Waals surface area contributed by atoms with Gasteiger partial charge < -0.3 is 29.4 Å². The van der Waals surface area contributed by atoms with E-state index in [9.17, 15) is 28.5 Å². The minimum Gasteiger partial charge on any atom is -0.468 e. The lowest BCUT2D eigenvalue weighted by Gasteiger charge is -2.31. The van der Waals surface area contributed by atoms with E-state index in [4.69, 9.17) is 33.7 Å². The Bertz CT molecular complexity index is 1220. The second-order valence-electron chi connectivity index (χ2n) is 9.94. The molecule has 2 unspecified atom stereocenters. The summed E-state index contributed by atoms with van der Waals surface area (Å²) in [4.78, 5) is 65.2. The summed E-state index contributed by atoms with van der Waals surface area (Å²) in [5, 5.41) is 6.46. The van der Waals surface area contributed by atoms with Gasteiger partial charge in [0.15, 0.2) is 6.23 Å². The number of methoxy groups -OCH3 is 1. The van der Waals surface area contributed by atoms with Crippen LogP contribution in [0.5, 0.6) is 0 Å². The van der Waals surface area contributed by atoms with E-state index in [1.807, 2.05) is 13.8 Å². The molecule has 2 heterocycles. The smallest absolute Gasteiger partial charge is 0.406 e. The monoisotopic (exact) mass is 649 g/mol. The molecule has 248 valence electrons. The van der Waals surface area contributed by atoms with Gasteiger partial charge in [-0.1, -0.05) is 13.8 Å². The zero-order chi connectivity index (χ0) is 33.2. The lowest BCUT2D eigenvalue weighted by molar-refractivity contribution is -0.181. The maximum atomic E-state index is 14.1. The zero-order valence-corrected chi connectivity index (χ0v) is 26.6. The van der Waals surface area contributed by atoms with Gasteiger partial charge in [-0.2, -0.15) is 0 Å². The number of nitrogens with one attached hydrogen (secondary N) is 1. The molecule has 3 N–H and O–H groups in total. The summed E-state index contributed by atoms with van der Waals surface area (Å²) in [6.45, 7) is 6.51. The van der Waals surface area contributed by atoms with Crippen molar-refractivity contribution in [2.24, 2.45) is 23.0 Å². The molecule has 1 aliphatic rings. The van der Waals surface area contributed by atoms with Crippen molar-refractivity contribution in [1.29, 1.82) is 0 Å². The van der Waals surface area contributed by atoms with E-state index in [0.29, 0.717) is 0 Å². The van der Waals surface area contributed by atoms with E-state index >= 15 is 0 Å². The molecule has 1 aromatic rings. The number of rotatable bonds is 17. The van der Waals surface area contributed by atoms with Gasteiger partial charge in [0.05, 0.1) is 39.6 Å². The Kier molecular flexibility index (Phi) is 13.4.